The first-order chi connectivity index (χ1) is 13.2. The highest BCUT2D eigenvalue weighted by atomic mass is 32.1. The number of para-hydroxylation sites is 1. The van der Waals surface area contributed by atoms with E-state index in [-0.39, 0.29) is 6.03 Å². The Morgan fingerprint density at radius 1 is 1.11 bits per heavy atom. The van der Waals surface area contributed by atoms with Crippen LogP contribution >= 0.6 is 11.3 Å². The van der Waals surface area contributed by atoms with Crippen molar-refractivity contribution in [2.75, 3.05) is 18.5 Å². The van der Waals surface area contributed by atoms with E-state index in [1.807, 2.05) is 48.7 Å². The molecule has 3 rings (SSSR count). The molecule has 2 aromatic heterocycles. The fourth-order valence-corrected chi connectivity index (χ4v) is 2.84. The van der Waals surface area contributed by atoms with E-state index in [1.165, 1.54) is 11.3 Å². The standard InChI is InChI=1S/C19H20N4O3S/c1-14-13-27-19(22-14)23-18(24)21-12-15-7-8-17(20-11-15)26-10-9-25-16-5-3-2-4-6-16/h2-8,11,13H,9-10,12H2,1H3,(H2,21,22,23,24). The molecule has 7 nitrogen and oxygen atoms in total. The molecule has 140 valence electrons. The van der Waals surface area contributed by atoms with Gasteiger partial charge in [0.2, 0.25) is 5.88 Å². The molecule has 2 N–H and O–H groups in total. The lowest BCUT2D eigenvalue weighted by Gasteiger charge is -2.08. The van der Waals surface area contributed by atoms with Crippen molar-refractivity contribution in [2.45, 2.75) is 13.5 Å². The average molecular weight is 384 g/mol. The van der Waals surface area contributed by atoms with Crippen LogP contribution in [0.25, 0.3) is 0 Å². The first-order valence-corrected chi connectivity index (χ1v) is 9.29. The maximum Gasteiger partial charge on any atom is 0.321 e. The molecule has 0 saturated heterocycles. The number of hydrogen-bond acceptors (Lipinski definition) is 6. The molecular weight excluding hydrogens is 364 g/mol. The number of rotatable bonds is 8. The van der Waals surface area contributed by atoms with E-state index >= 15 is 0 Å². The van der Waals surface area contributed by atoms with Crippen LogP contribution in [0.15, 0.2) is 54.0 Å². The molecule has 0 spiro atoms. The van der Waals surface area contributed by atoms with Gasteiger partial charge in [0.25, 0.3) is 0 Å². The van der Waals surface area contributed by atoms with Crippen molar-refractivity contribution in [3.63, 3.8) is 0 Å². The SMILES string of the molecule is Cc1csc(NC(=O)NCc2ccc(OCCOc3ccccc3)nc2)n1. The fourth-order valence-electron chi connectivity index (χ4n) is 2.16. The van der Waals surface area contributed by atoms with Gasteiger partial charge in [0.05, 0.1) is 5.69 Å². The van der Waals surface area contributed by atoms with Gasteiger partial charge in [-0.25, -0.2) is 14.8 Å². The molecule has 0 unspecified atom stereocenters. The summed E-state index contributed by atoms with van der Waals surface area (Å²) < 4.78 is 11.1. The van der Waals surface area contributed by atoms with Crippen LogP contribution in [0.2, 0.25) is 0 Å². The quantitative estimate of drug-likeness (QED) is 0.579. The van der Waals surface area contributed by atoms with Gasteiger partial charge in [-0.3, -0.25) is 5.32 Å². The molecule has 27 heavy (non-hydrogen) atoms. The minimum Gasteiger partial charge on any atom is -0.490 e. The van der Waals surface area contributed by atoms with Crippen molar-refractivity contribution < 1.29 is 14.3 Å². The second-order valence-corrected chi connectivity index (χ2v) is 6.47. The second-order valence-electron chi connectivity index (χ2n) is 5.62. The number of anilines is 1. The number of aromatic nitrogens is 2. The van der Waals surface area contributed by atoms with Gasteiger partial charge in [0, 0.05) is 24.2 Å². The Bertz CT molecular complexity index is 853. The summed E-state index contributed by atoms with van der Waals surface area (Å²) in [5, 5.41) is 7.90. The molecule has 2 amide bonds. The van der Waals surface area contributed by atoms with Crippen LogP contribution in [-0.4, -0.2) is 29.2 Å². The van der Waals surface area contributed by atoms with Gasteiger partial charge in [-0.2, -0.15) is 0 Å². The number of benzene rings is 1. The number of carbonyl (C=O) groups is 1. The second kappa shape index (κ2) is 9.54. The molecule has 0 aliphatic rings. The van der Waals surface area contributed by atoms with Gasteiger partial charge in [-0.05, 0) is 24.6 Å². The van der Waals surface area contributed by atoms with E-state index in [9.17, 15) is 4.79 Å². The zero-order chi connectivity index (χ0) is 18.9. The van der Waals surface area contributed by atoms with E-state index in [0.29, 0.717) is 30.8 Å². The van der Waals surface area contributed by atoms with E-state index in [0.717, 1.165) is 17.0 Å². The van der Waals surface area contributed by atoms with Crippen molar-refractivity contribution in [1.29, 1.82) is 0 Å². The Labute approximate surface area is 161 Å². The number of ether oxygens (including phenoxy) is 2. The number of pyridine rings is 1. The van der Waals surface area contributed by atoms with E-state index in [1.54, 1.807) is 12.3 Å². The van der Waals surface area contributed by atoms with Gasteiger partial charge >= 0.3 is 6.03 Å². The molecule has 0 aliphatic carbocycles. The third-order valence-electron chi connectivity index (χ3n) is 3.44. The number of hydrogen-bond donors (Lipinski definition) is 2. The molecule has 0 atom stereocenters. The van der Waals surface area contributed by atoms with Crippen LogP contribution in [0.5, 0.6) is 11.6 Å². The van der Waals surface area contributed by atoms with Crippen molar-refractivity contribution >= 4 is 22.5 Å². The normalized spacial score (nSPS) is 10.3. The zero-order valence-corrected chi connectivity index (χ0v) is 15.7. The van der Waals surface area contributed by atoms with Crippen LogP contribution in [0.3, 0.4) is 0 Å². The summed E-state index contributed by atoms with van der Waals surface area (Å²) in [7, 11) is 0. The van der Waals surface area contributed by atoms with Crippen LogP contribution in [-0.2, 0) is 6.54 Å². The van der Waals surface area contributed by atoms with Crippen LogP contribution in [0.4, 0.5) is 9.93 Å². The maximum atomic E-state index is 11.8. The Morgan fingerprint density at radius 3 is 2.63 bits per heavy atom. The number of aryl methyl sites for hydroxylation is 1. The molecule has 0 fully saturated rings. The topological polar surface area (TPSA) is 85.4 Å². The molecule has 3 aromatic rings. The molecular formula is C19H20N4O3S. The predicted octanol–water partition coefficient (Wildman–Crippen LogP) is 3.63. The van der Waals surface area contributed by atoms with Crippen LogP contribution in [0, 0.1) is 6.92 Å². The minimum atomic E-state index is -0.303. The lowest BCUT2D eigenvalue weighted by atomic mass is 10.3. The summed E-state index contributed by atoms with van der Waals surface area (Å²) >= 11 is 1.39. The molecule has 2 heterocycles. The van der Waals surface area contributed by atoms with E-state index in [4.69, 9.17) is 9.47 Å². The summed E-state index contributed by atoms with van der Waals surface area (Å²) in [5.74, 6) is 1.32. The van der Waals surface area contributed by atoms with Gasteiger partial charge < -0.3 is 14.8 Å². The first kappa shape index (κ1) is 18.7. The maximum absolute atomic E-state index is 11.8. The third kappa shape index (κ3) is 6.27. The number of urea groups is 1. The highest BCUT2D eigenvalue weighted by Gasteiger charge is 2.05. The average Bonchev–Trinajstić information content (AvgIpc) is 3.10. The summed E-state index contributed by atoms with van der Waals surface area (Å²) in [6, 6.07) is 12.9. The van der Waals surface area contributed by atoms with Crippen LogP contribution in [0.1, 0.15) is 11.3 Å². The summed E-state index contributed by atoms with van der Waals surface area (Å²) in [6.45, 7) is 3.07. The van der Waals surface area contributed by atoms with Gasteiger partial charge in [0.15, 0.2) is 5.13 Å². The summed E-state index contributed by atoms with van der Waals surface area (Å²) in [4.78, 5) is 20.2. The van der Waals surface area contributed by atoms with Gasteiger partial charge in [-0.1, -0.05) is 24.3 Å². The predicted molar refractivity (Wildman–Crippen MR) is 104 cm³/mol. The monoisotopic (exact) mass is 384 g/mol. The first-order valence-electron chi connectivity index (χ1n) is 8.41. The molecule has 0 bridgehead atoms. The Kier molecular flexibility index (Phi) is 6.59. The smallest absolute Gasteiger partial charge is 0.321 e. The van der Waals surface area contributed by atoms with Gasteiger partial charge in [0.1, 0.15) is 19.0 Å². The van der Waals surface area contributed by atoms with E-state index in [2.05, 4.69) is 20.6 Å². The van der Waals surface area contributed by atoms with Gasteiger partial charge in [-0.15, -0.1) is 11.3 Å². The highest BCUT2D eigenvalue weighted by Crippen LogP contribution is 2.14. The van der Waals surface area contributed by atoms with Crippen LogP contribution < -0.4 is 20.1 Å². The summed E-state index contributed by atoms with van der Waals surface area (Å²) in [5.41, 5.74) is 1.75. The van der Waals surface area contributed by atoms with Crippen molar-refractivity contribution in [3.05, 3.63) is 65.3 Å². The lowest BCUT2D eigenvalue weighted by Crippen LogP contribution is -2.28. The third-order valence-corrected chi connectivity index (χ3v) is 4.31. The van der Waals surface area contributed by atoms with Crippen molar-refractivity contribution in [3.8, 4) is 11.6 Å². The van der Waals surface area contributed by atoms with E-state index < -0.39 is 0 Å². The number of amides is 2. The Morgan fingerprint density at radius 2 is 1.93 bits per heavy atom. The lowest BCUT2D eigenvalue weighted by molar-refractivity contribution is 0.212. The highest BCUT2D eigenvalue weighted by molar-refractivity contribution is 7.13. The number of carbonyl (C=O) groups excluding carboxylic acids is 1. The van der Waals surface area contributed by atoms with Crippen molar-refractivity contribution in [2.24, 2.45) is 0 Å². The zero-order valence-electron chi connectivity index (χ0n) is 14.8. The molecule has 0 radical (unpaired) electrons. The Balaban J connectivity index is 1.36. The molecule has 8 heteroatoms. The minimum absolute atomic E-state index is 0.303. The molecule has 0 aliphatic heterocycles. The number of thiazole rings is 1. The fraction of sp³-hybridized carbons (Fsp3) is 0.211. The number of nitrogens with zero attached hydrogens (tertiary/aromatic N) is 2. The van der Waals surface area contributed by atoms with Crippen molar-refractivity contribution in [1.82, 2.24) is 15.3 Å². The Hall–Kier alpha value is -3.13. The number of nitrogens with one attached hydrogen (secondary N) is 2. The molecule has 1 aromatic carbocycles. The largest absolute Gasteiger partial charge is 0.490 e. The summed E-state index contributed by atoms with van der Waals surface area (Å²) in [6.07, 6.45) is 1.67. The molecule has 0 saturated carbocycles.